The molecule has 2 N–H and O–H groups in total. The quantitative estimate of drug-likeness (QED) is 0.375. The van der Waals surface area contributed by atoms with Crippen LogP contribution in [0.1, 0.15) is 32.8 Å². The molecular formula is C21H28N4OS. The molecule has 0 saturated carbocycles. The summed E-state index contributed by atoms with van der Waals surface area (Å²) in [5.41, 5.74) is 5.89. The van der Waals surface area contributed by atoms with Gasteiger partial charge in [-0.05, 0) is 62.3 Å². The summed E-state index contributed by atoms with van der Waals surface area (Å²) in [6.07, 6.45) is 2.89. The maximum Gasteiger partial charge on any atom is 0.191 e. The molecule has 27 heavy (non-hydrogen) atoms. The van der Waals surface area contributed by atoms with Gasteiger partial charge >= 0.3 is 0 Å². The Morgan fingerprint density at radius 3 is 2.52 bits per heavy atom. The van der Waals surface area contributed by atoms with E-state index in [0.717, 1.165) is 36.5 Å². The molecule has 0 radical (unpaired) electrons. The van der Waals surface area contributed by atoms with E-state index in [9.17, 15) is 0 Å². The van der Waals surface area contributed by atoms with Crippen molar-refractivity contribution >= 4 is 34.9 Å². The van der Waals surface area contributed by atoms with Crippen molar-refractivity contribution in [1.29, 1.82) is 0 Å². The third-order valence-electron chi connectivity index (χ3n) is 3.95. The number of hydrogen-bond donors (Lipinski definition) is 2. The number of hydrazone groups is 1. The van der Waals surface area contributed by atoms with Crippen molar-refractivity contribution in [3.05, 3.63) is 54.1 Å². The van der Waals surface area contributed by atoms with Crippen LogP contribution in [0.5, 0.6) is 5.75 Å². The minimum absolute atomic E-state index is 0.412. The van der Waals surface area contributed by atoms with Crippen molar-refractivity contribution in [3.8, 4) is 5.75 Å². The molecule has 0 amide bonds. The Morgan fingerprint density at radius 2 is 1.85 bits per heavy atom. The molecule has 6 heteroatoms. The maximum atomic E-state index is 5.58. The first-order valence-corrected chi connectivity index (χ1v) is 9.75. The minimum Gasteiger partial charge on any atom is -0.492 e. The summed E-state index contributed by atoms with van der Waals surface area (Å²) < 4.78 is 5.58. The van der Waals surface area contributed by atoms with Crippen molar-refractivity contribution in [3.63, 3.8) is 0 Å². The Morgan fingerprint density at radius 1 is 1.11 bits per heavy atom. The van der Waals surface area contributed by atoms with Gasteiger partial charge in [-0.15, -0.1) is 0 Å². The zero-order valence-corrected chi connectivity index (χ0v) is 17.1. The van der Waals surface area contributed by atoms with Gasteiger partial charge in [-0.3, -0.25) is 5.43 Å². The second-order valence-electron chi connectivity index (χ2n) is 5.92. The molecule has 0 fully saturated rings. The van der Waals surface area contributed by atoms with Gasteiger partial charge in [-0.1, -0.05) is 31.2 Å². The van der Waals surface area contributed by atoms with Crippen molar-refractivity contribution in [2.45, 2.75) is 27.2 Å². The van der Waals surface area contributed by atoms with Crippen LogP contribution < -0.4 is 20.4 Å². The third kappa shape index (κ3) is 6.57. The summed E-state index contributed by atoms with van der Waals surface area (Å²) in [6.45, 7) is 8.98. The number of para-hydroxylation sites is 2. The Kier molecular flexibility index (Phi) is 8.58. The predicted octanol–water partition coefficient (Wildman–Crippen LogP) is 4.64. The maximum absolute atomic E-state index is 5.58. The van der Waals surface area contributed by atoms with Crippen LogP contribution in [0.25, 0.3) is 0 Å². The summed E-state index contributed by atoms with van der Waals surface area (Å²) in [5.74, 6) is 0.760. The number of nitrogens with one attached hydrogen (secondary N) is 2. The third-order valence-corrected chi connectivity index (χ3v) is 4.14. The van der Waals surface area contributed by atoms with Crippen LogP contribution in [0, 0.1) is 0 Å². The summed E-state index contributed by atoms with van der Waals surface area (Å²) in [5, 5.41) is 7.73. The van der Waals surface area contributed by atoms with Gasteiger partial charge in [0.2, 0.25) is 0 Å². The number of anilines is 2. The zero-order chi connectivity index (χ0) is 19.5. The lowest BCUT2D eigenvalue weighted by molar-refractivity contribution is 0.342. The molecule has 0 unspecified atom stereocenters. The Balaban J connectivity index is 1.90. The molecule has 0 aliphatic rings. The molecule has 0 bridgehead atoms. The summed E-state index contributed by atoms with van der Waals surface area (Å²) in [7, 11) is 0. The highest BCUT2D eigenvalue weighted by Crippen LogP contribution is 2.23. The van der Waals surface area contributed by atoms with E-state index in [1.165, 1.54) is 5.69 Å². The van der Waals surface area contributed by atoms with Gasteiger partial charge in [0.05, 0.1) is 18.5 Å². The SMILES string of the molecule is CCCN(CC)c1ccc(/C=N/NC(=S)Nc2ccccc2OCC)cc1. The molecule has 2 aromatic carbocycles. The number of rotatable bonds is 9. The van der Waals surface area contributed by atoms with Crippen molar-refractivity contribution < 1.29 is 4.74 Å². The molecule has 0 heterocycles. The Labute approximate surface area is 167 Å². The van der Waals surface area contributed by atoms with Gasteiger partial charge in [0.1, 0.15) is 5.75 Å². The Bertz CT molecular complexity index is 746. The lowest BCUT2D eigenvalue weighted by Gasteiger charge is -2.22. The molecule has 5 nitrogen and oxygen atoms in total. The van der Waals surface area contributed by atoms with E-state index >= 15 is 0 Å². The van der Waals surface area contributed by atoms with Crippen LogP contribution in [-0.4, -0.2) is 31.0 Å². The van der Waals surface area contributed by atoms with Crippen LogP contribution >= 0.6 is 12.2 Å². The molecule has 0 spiro atoms. The molecule has 2 rings (SSSR count). The number of ether oxygens (including phenoxy) is 1. The Hall–Kier alpha value is -2.60. The smallest absolute Gasteiger partial charge is 0.191 e. The highest BCUT2D eigenvalue weighted by Gasteiger charge is 2.04. The van der Waals surface area contributed by atoms with Gasteiger partial charge in [0, 0.05) is 18.8 Å². The summed E-state index contributed by atoms with van der Waals surface area (Å²) in [4.78, 5) is 2.36. The van der Waals surface area contributed by atoms with E-state index in [4.69, 9.17) is 17.0 Å². The zero-order valence-electron chi connectivity index (χ0n) is 16.2. The van der Waals surface area contributed by atoms with Gasteiger partial charge in [-0.2, -0.15) is 5.10 Å². The van der Waals surface area contributed by atoms with E-state index < -0.39 is 0 Å². The number of thiocarbonyl (C=S) groups is 1. The molecule has 0 aliphatic heterocycles. The molecule has 0 aliphatic carbocycles. The van der Waals surface area contributed by atoms with Crippen LogP contribution in [0.3, 0.4) is 0 Å². The first-order chi connectivity index (χ1) is 13.2. The molecule has 0 saturated heterocycles. The highest BCUT2D eigenvalue weighted by molar-refractivity contribution is 7.80. The first-order valence-electron chi connectivity index (χ1n) is 9.34. The van der Waals surface area contributed by atoms with Gasteiger partial charge in [0.25, 0.3) is 0 Å². The van der Waals surface area contributed by atoms with Crippen LogP contribution in [-0.2, 0) is 0 Å². The normalized spacial score (nSPS) is 10.6. The van der Waals surface area contributed by atoms with E-state index in [1.807, 2.05) is 31.2 Å². The van der Waals surface area contributed by atoms with E-state index in [2.05, 4.69) is 58.9 Å². The largest absolute Gasteiger partial charge is 0.492 e. The fraction of sp³-hybridized carbons (Fsp3) is 0.333. The predicted molar refractivity (Wildman–Crippen MR) is 119 cm³/mol. The van der Waals surface area contributed by atoms with Gasteiger partial charge in [-0.25, -0.2) is 0 Å². The minimum atomic E-state index is 0.412. The molecule has 144 valence electrons. The van der Waals surface area contributed by atoms with Crippen LogP contribution in [0.4, 0.5) is 11.4 Å². The summed E-state index contributed by atoms with van der Waals surface area (Å²) in [6, 6.07) is 16.0. The van der Waals surface area contributed by atoms with Crippen LogP contribution in [0.15, 0.2) is 53.6 Å². The second kappa shape index (κ2) is 11.2. The van der Waals surface area contributed by atoms with E-state index in [-0.39, 0.29) is 0 Å². The molecular weight excluding hydrogens is 356 g/mol. The average molecular weight is 385 g/mol. The first kappa shape index (κ1) is 20.7. The fourth-order valence-corrected chi connectivity index (χ4v) is 2.84. The monoisotopic (exact) mass is 384 g/mol. The molecule has 0 atom stereocenters. The summed E-state index contributed by atoms with van der Waals surface area (Å²) >= 11 is 5.30. The lowest BCUT2D eigenvalue weighted by Crippen LogP contribution is -2.24. The van der Waals surface area contributed by atoms with Gasteiger partial charge in [0.15, 0.2) is 5.11 Å². The van der Waals surface area contributed by atoms with E-state index in [0.29, 0.717) is 11.7 Å². The lowest BCUT2D eigenvalue weighted by atomic mass is 10.2. The van der Waals surface area contributed by atoms with Crippen molar-refractivity contribution in [1.82, 2.24) is 5.43 Å². The topological polar surface area (TPSA) is 48.9 Å². The van der Waals surface area contributed by atoms with Gasteiger partial charge < -0.3 is 15.0 Å². The average Bonchev–Trinajstić information content (AvgIpc) is 2.68. The number of benzene rings is 2. The number of hydrogen-bond acceptors (Lipinski definition) is 4. The van der Waals surface area contributed by atoms with Crippen LogP contribution in [0.2, 0.25) is 0 Å². The second-order valence-corrected chi connectivity index (χ2v) is 6.33. The standard InChI is InChI=1S/C21H28N4OS/c1-4-15-25(5-2)18-13-11-17(12-14-18)16-22-24-21(27)23-19-9-7-8-10-20(19)26-6-3/h7-14,16H,4-6,15H2,1-3H3,(H2,23,24,27)/b22-16+. The fourth-order valence-electron chi connectivity index (χ4n) is 2.68. The highest BCUT2D eigenvalue weighted by atomic mass is 32.1. The van der Waals surface area contributed by atoms with Crippen molar-refractivity contribution in [2.24, 2.45) is 5.10 Å². The molecule has 2 aromatic rings. The number of nitrogens with zero attached hydrogens (tertiary/aromatic N) is 2. The van der Waals surface area contributed by atoms with Crippen molar-refractivity contribution in [2.75, 3.05) is 29.9 Å². The van der Waals surface area contributed by atoms with E-state index in [1.54, 1.807) is 6.21 Å². The molecule has 0 aromatic heterocycles.